The molecule has 0 radical (unpaired) electrons. The highest BCUT2D eigenvalue weighted by Gasteiger charge is 2.20. The number of amides is 2. The normalized spacial score (nSPS) is 11.0. The molecule has 0 saturated heterocycles. The van der Waals surface area contributed by atoms with Crippen LogP contribution in [0.5, 0.6) is 11.5 Å². The first kappa shape index (κ1) is 28.5. The van der Waals surface area contributed by atoms with Crippen molar-refractivity contribution in [1.29, 1.82) is 0 Å². The number of hydrogen-bond donors (Lipinski definition) is 2. The van der Waals surface area contributed by atoms with E-state index in [1.54, 1.807) is 5.51 Å². The summed E-state index contributed by atoms with van der Waals surface area (Å²) in [6.07, 6.45) is 1.11. The van der Waals surface area contributed by atoms with Crippen molar-refractivity contribution in [3.05, 3.63) is 105 Å². The molecule has 214 valence electrons. The van der Waals surface area contributed by atoms with Crippen LogP contribution in [0.15, 0.2) is 77.2 Å². The Hall–Kier alpha value is -5.01. The summed E-state index contributed by atoms with van der Waals surface area (Å²) >= 11 is 1.21. The SMILES string of the molecule is CN(CCO)C(=O)Nc1cc(Oc2ccc(CC(=O)c3cc4ncsc4n(-c4ccc(F)cc4)c3=O)cc2F)ccn1. The molecule has 3 heterocycles. The molecule has 5 rings (SSSR count). The minimum Gasteiger partial charge on any atom is -0.454 e. The lowest BCUT2D eigenvalue weighted by molar-refractivity contribution is 0.0991. The van der Waals surface area contributed by atoms with E-state index in [4.69, 9.17) is 9.84 Å². The molecule has 42 heavy (non-hydrogen) atoms. The summed E-state index contributed by atoms with van der Waals surface area (Å²) in [6.45, 7) is -0.0671. The second-order valence-corrected chi connectivity index (χ2v) is 9.97. The smallest absolute Gasteiger partial charge is 0.322 e. The molecule has 2 amide bonds. The van der Waals surface area contributed by atoms with E-state index in [-0.39, 0.29) is 42.5 Å². The zero-order valence-electron chi connectivity index (χ0n) is 22.1. The molecule has 0 fully saturated rings. The number of ether oxygens (including phenoxy) is 1. The van der Waals surface area contributed by atoms with Crippen LogP contribution in [-0.2, 0) is 6.42 Å². The zero-order valence-corrected chi connectivity index (χ0v) is 22.9. The summed E-state index contributed by atoms with van der Waals surface area (Å²) in [5.41, 5.74) is 1.94. The number of Topliss-reactive ketones (excluding diaryl/α,β-unsaturated/α-hetero) is 1. The van der Waals surface area contributed by atoms with Gasteiger partial charge >= 0.3 is 6.03 Å². The highest BCUT2D eigenvalue weighted by molar-refractivity contribution is 7.16. The number of likely N-dealkylation sites (N-methyl/N-ethyl adjacent to an activating group) is 1. The minimum absolute atomic E-state index is 0.130. The van der Waals surface area contributed by atoms with Gasteiger partial charge in [0.1, 0.15) is 22.2 Å². The Kier molecular flexibility index (Phi) is 8.31. The van der Waals surface area contributed by atoms with Gasteiger partial charge in [0, 0.05) is 32.3 Å². The number of nitrogens with zero attached hydrogens (tertiary/aromatic N) is 4. The molecule has 0 aliphatic carbocycles. The Morgan fingerprint density at radius 3 is 2.60 bits per heavy atom. The molecule has 5 aromatic rings. The number of halogens is 2. The number of aromatic nitrogens is 3. The van der Waals surface area contributed by atoms with E-state index in [1.165, 1.54) is 88.6 Å². The molecule has 13 heteroatoms. The third kappa shape index (κ3) is 6.16. The molecular weight excluding hydrogens is 568 g/mol. The molecule has 0 aliphatic heterocycles. The lowest BCUT2D eigenvalue weighted by atomic mass is 10.0. The first-order valence-electron chi connectivity index (χ1n) is 12.6. The molecule has 0 aliphatic rings. The summed E-state index contributed by atoms with van der Waals surface area (Å²) in [5, 5.41) is 11.5. The summed E-state index contributed by atoms with van der Waals surface area (Å²) in [5.74, 6) is -1.52. The topological polar surface area (TPSA) is 127 Å². The van der Waals surface area contributed by atoms with E-state index in [9.17, 15) is 23.2 Å². The minimum atomic E-state index is -0.746. The van der Waals surface area contributed by atoms with Gasteiger partial charge in [-0.25, -0.2) is 23.5 Å². The van der Waals surface area contributed by atoms with Crippen molar-refractivity contribution in [3.8, 4) is 17.2 Å². The van der Waals surface area contributed by atoms with Crippen molar-refractivity contribution in [1.82, 2.24) is 19.4 Å². The van der Waals surface area contributed by atoms with E-state index in [0.717, 1.165) is 6.07 Å². The van der Waals surface area contributed by atoms with E-state index < -0.39 is 29.0 Å². The lowest BCUT2D eigenvalue weighted by Crippen LogP contribution is -2.33. The summed E-state index contributed by atoms with van der Waals surface area (Å²) in [4.78, 5) is 48.8. The van der Waals surface area contributed by atoms with Crippen molar-refractivity contribution in [2.75, 3.05) is 25.5 Å². The number of nitrogens with one attached hydrogen (secondary N) is 1. The predicted octanol–water partition coefficient (Wildman–Crippen LogP) is 4.79. The van der Waals surface area contributed by atoms with Gasteiger partial charge in [-0.1, -0.05) is 6.07 Å². The standard InChI is InChI=1S/C29H23F2N5O5S/c1-35(10-11-37)29(40)34-26-14-20(8-9-32-26)41-25-7-2-17(12-22(25)31)13-24(38)21-15-23-28(42-16-33-23)36(27(21)39)19-5-3-18(30)4-6-19/h2-9,12,14-16,37H,10-11,13H2,1H3,(H,32,34,40). The Morgan fingerprint density at radius 1 is 1.07 bits per heavy atom. The third-order valence-corrected chi connectivity index (χ3v) is 7.04. The van der Waals surface area contributed by atoms with Crippen LogP contribution >= 0.6 is 11.3 Å². The first-order valence-corrected chi connectivity index (χ1v) is 13.4. The average molecular weight is 592 g/mol. The predicted molar refractivity (Wildman–Crippen MR) is 153 cm³/mol. The maximum Gasteiger partial charge on any atom is 0.322 e. The van der Waals surface area contributed by atoms with Crippen LogP contribution in [0.25, 0.3) is 16.0 Å². The molecule has 0 atom stereocenters. The van der Waals surface area contributed by atoms with Gasteiger partial charge in [-0.15, -0.1) is 11.3 Å². The second kappa shape index (κ2) is 12.2. The van der Waals surface area contributed by atoms with Crippen molar-refractivity contribution >= 4 is 39.3 Å². The molecule has 0 saturated carbocycles. The van der Waals surface area contributed by atoms with Crippen LogP contribution in [-0.4, -0.2) is 56.6 Å². The lowest BCUT2D eigenvalue weighted by Gasteiger charge is -2.16. The van der Waals surface area contributed by atoms with Gasteiger partial charge in [-0.2, -0.15) is 0 Å². The fourth-order valence-corrected chi connectivity index (χ4v) is 4.89. The van der Waals surface area contributed by atoms with Crippen molar-refractivity contribution in [2.24, 2.45) is 0 Å². The van der Waals surface area contributed by atoms with Crippen molar-refractivity contribution in [3.63, 3.8) is 0 Å². The van der Waals surface area contributed by atoms with Crippen LogP contribution in [0.1, 0.15) is 15.9 Å². The number of benzene rings is 2. The monoisotopic (exact) mass is 591 g/mol. The van der Waals surface area contributed by atoms with Gasteiger partial charge in [-0.3, -0.25) is 19.5 Å². The van der Waals surface area contributed by atoms with Gasteiger partial charge < -0.3 is 14.7 Å². The number of thiazole rings is 1. The Balaban J connectivity index is 1.34. The number of rotatable bonds is 9. The van der Waals surface area contributed by atoms with Crippen LogP contribution < -0.4 is 15.6 Å². The fourth-order valence-electron chi connectivity index (χ4n) is 4.09. The number of aliphatic hydroxyl groups is 1. The highest BCUT2D eigenvalue weighted by atomic mass is 32.1. The van der Waals surface area contributed by atoms with Gasteiger partial charge in [0.05, 0.1) is 28.9 Å². The van der Waals surface area contributed by atoms with Crippen molar-refractivity contribution in [2.45, 2.75) is 6.42 Å². The zero-order chi connectivity index (χ0) is 29.8. The maximum absolute atomic E-state index is 15.0. The molecule has 0 unspecified atom stereocenters. The molecule has 2 N–H and O–H groups in total. The molecule has 3 aromatic heterocycles. The second-order valence-electron chi connectivity index (χ2n) is 9.14. The average Bonchev–Trinajstić information content (AvgIpc) is 3.43. The third-order valence-electron chi connectivity index (χ3n) is 6.22. The van der Waals surface area contributed by atoms with Crippen molar-refractivity contribution < 1.29 is 28.2 Å². The van der Waals surface area contributed by atoms with Gasteiger partial charge in [0.2, 0.25) is 0 Å². The van der Waals surface area contributed by atoms with E-state index in [0.29, 0.717) is 21.6 Å². The van der Waals surface area contributed by atoms with Crippen LogP contribution in [0.3, 0.4) is 0 Å². The molecular formula is C29H23F2N5O5S. The fraction of sp³-hybridized carbons (Fsp3) is 0.138. The Labute approximate surface area is 241 Å². The number of aliphatic hydroxyl groups excluding tert-OH is 1. The number of anilines is 1. The summed E-state index contributed by atoms with van der Waals surface area (Å²) in [6, 6.07) is 13.1. The van der Waals surface area contributed by atoms with E-state index >= 15 is 0 Å². The summed E-state index contributed by atoms with van der Waals surface area (Å²) in [7, 11) is 1.51. The van der Waals surface area contributed by atoms with Gasteiger partial charge in [0.15, 0.2) is 17.3 Å². The highest BCUT2D eigenvalue weighted by Crippen LogP contribution is 2.27. The molecule has 2 aromatic carbocycles. The Morgan fingerprint density at radius 2 is 1.86 bits per heavy atom. The van der Waals surface area contributed by atoms with Crippen LogP contribution in [0.4, 0.5) is 19.4 Å². The van der Waals surface area contributed by atoms with Gasteiger partial charge in [-0.05, 0) is 54.1 Å². The van der Waals surface area contributed by atoms with Gasteiger partial charge in [0.25, 0.3) is 5.56 Å². The summed E-state index contributed by atoms with van der Waals surface area (Å²) < 4.78 is 35.4. The number of ketones is 1. The van der Waals surface area contributed by atoms with E-state index in [1.807, 2.05) is 0 Å². The molecule has 10 nitrogen and oxygen atoms in total. The number of carbonyl (C=O) groups is 2. The largest absolute Gasteiger partial charge is 0.454 e. The van der Waals surface area contributed by atoms with Crippen LogP contribution in [0, 0.1) is 11.6 Å². The van der Waals surface area contributed by atoms with E-state index in [2.05, 4.69) is 15.3 Å². The molecule has 0 spiro atoms. The number of hydrogen-bond acceptors (Lipinski definition) is 8. The number of pyridine rings is 2. The quantitative estimate of drug-likeness (QED) is 0.236. The Bertz CT molecular complexity index is 1840. The first-order chi connectivity index (χ1) is 20.2. The maximum atomic E-state index is 15.0. The number of carbonyl (C=O) groups excluding carboxylic acids is 2. The van der Waals surface area contributed by atoms with Crippen LogP contribution in [0.2, 0.25) is 0 Å². The number of urea groups is 1. The molecule has 0 bridgehead atoms. The number of fused-ring (bicyclic) bond motifs is 1.